The quantitative estimate of drug-likeness (QED) is 0.0450. The summed E-state index contributed by atoms with van der Waals surface area (Å²) in [5.74, 6) is -5.83. The number of nitrogens with one attached hydrogen (secondary N) is 1. The van der Waals surface area contributed by atoms with Crippen molar-refractivity contribution in [3.05, 3.63) is 178 Å². The molecule has 532 valence electrons. The van der Waals surface area contributed by atoms with E-state index in [4.69, 9.17) is 24.7 Å². The third kappa shape index (κ3) is 10.8. The predicted octanol–water partition coefficient (Wildman–Crippen LogP) is 11.2. The van der Waals surface area contributed by atoms with Crippen LogP contribution < -0.4 is 11.1 Å². The van der Waals surface area contributed by atoms with E-state index in [9.17, 15) is 49.2 Å². The van der Waals surface area contributed by atoms with E-state index >= 15 is 17.6 Å². The third-order valence-electron chi connectivity index (χ3n) is 25.8. The van der Waals surface area contributed by atoms with Crippen molar-refractivity contribution in [3.63, 3.8) is 0 Å². The lowest BCUT2D eigenvalue weighted by atomic mass is 9.44. The fourth-order valence-corrected chi connectivity index (χ4v) is 20.2. The molecule has 8 fully saturated rings. The molecular formula is C80H90F4N2O14. The molecule has 6 saturated carbocycles. The number of aliphatic hydroxyl groups is 4. The molecule has 0 spiro atoms. The van der Waals surface area contributed by atoms with Gasteiger partial charge in [0.15, 0.2) is 58.3 Å². The van der Waals surface area contributed by atoms with Gasteiger partial charge >= 0.3 is 0 Å². The summed E-state index contributed by atoms with van der Waals surface area (Å²) in [7, 11) is 0. The summed E-state index contributed by atoms with van der Waals surface area (Å²) >= 11 is 0. The number of nitrogen functional groups attached to an aromatic ring is 1. The maximum Gasteiger partial charge on any atom is 0.227 e. The van der Waals surface area contributed by atoms with Crippen LogP contribution in [-0.2, 0) is 60.6 Å². The van der Waals surface area contributed by atoms with Crippen LogP contribution in [0.5, 0.6) is 0 Å². The van der Waals surface area contributed by atoms with Gasteiger partial charge in [-0.25, -0.2) is 17.6 Å². The molecule has 7 N–H and O–H groups in total. The van der Waals surface area contributed by atoms with Crippen LogP contribution in [0, 0.1) is 63.1 Å². The van der Waals surface area contributed by atoms with Gasteiger partial charge in [0, 0.05) is 74.3 Å². The van der Waals surface area contributed by atoms with E-state index in [0.29, 0.717) is 35.3 Å². The topological polar surface area (TPSA) is 258 Å². The highest BCUT2D eigenvalue weighted by molar-refractivity contribution is 6.02. The number of alkyl halides is 4. The fourth-order valence-electron chi connectivity index (χ4n) is 20.2. The molecule has 0 radical (unpaired) electrons. The lowest BCUT2D eigenvalue weighted by molar-refractivity contribution is -0.235. The lowest BCUT2D eigenvalue weighted by Gasteiger charge is -2.63. The largest absolute Gasteiger partial charge is 0.399 e. The molecule has 22 atom stereocenters. The number of halogens is 4. The number of aliphatic hydroxyl groups excluding tert-OH is 4. The number of hydrogen-bond acceptors (Lipinski definition) is 15. The molecule has 8 aliphatic carbocycles. The molecule has 2 heterocycles. The Morgan fingerprint density at radius 1 is 0.590 bits per heavy atom. The van der Waals surface area contributed by atoms with Crippen LogP contribution in [0.15, 0.2) is 145 Å². The standard InChI is InChI=1S/C45H53F2NO8.C35H37F2NO6/c1-24(2)26(4)36(51)16-25(3)40(54)48-30-9-7-8-28(18-30)17-27-10-12-29(13-11-27)41-55-39-21-32-33-20-35(46)34-19-31(50)14-15-42(34,5)44(33,47)37(52)22-43(32,6)45(39,56-41)38(53)23-49;1-32-11-10-23(40)14-26(32)27(36)15-25-24-16-30-35(29(42)18-39,33(24,2)17-28(41)34(25,32)37)44-31(43-30)21-8-6-19(7-9-21)12-20-4-3-5-22(38)13-20/h7-15,18-19,24-26,32-33,35,37,39,41,49,52H,16-17,20-23H2,1-6H3,(H,48,54);3-11,13-14,24-25,27-28,30-31,39,41H,12,15-18,38H2,1-2H3/t25-,26+,32+,33+,35+,37+,39?,41?,42+,43+,44+,45-;24-,25-,27-,28-,30?,31?,32-,33-,34-,35+/m10/s1. The van der Waals surface area contributed by atoms with E-state index in [1.165, 1.54) is 38.2 Å². The van der Waals surface area contributed by atoms with Crippen LogP contribution in [-0.4, -0.2) is 128 Å². The number of ether oxygens (including phenoxy) is 4. The minimum absolute atomic E-state index is 0.0206. The molecule has 16 nitrogen and oxygen atoms in total. The van der Waals surface area contributed by atoms with Gasteiger partial charge in [-0.3, -0.25) is 28.8 Å². The highest BCUT2D eigenvalue weighted by atomic mass is 19.2. The maximum absolute atomic E-state index is 17.7. The summed E-state index contributed by atoms with van der Waals surface area (Å²) in [5, 5.41) is 46.8. The monoisotopic (exact) mass is 1380 g/mol. The molecule has 100 heavy (non-hydrogen) atoms. The van der Waals surface area contributed by atoms with Gasteiger partial charge in [0.2, 0.25) is 5.91 Å². The SMILES string of the molecule is CC(C)[C@H](C)C(=O)C[C@@H](C)C(=O)Nc1cccc(Cc2ccc(C3OC4C[C@H]5[C@@H]6C[C@H](F)C7=CC(=O)C=C[C@]7(C)[C@@]6(F)[C@@H](O)C[C@]5(C)[C@]4(C(=O)CO)O3)cc2)c1.C[C@]12C=CC(=O)C=C1[C@@H](F)C[C@H]1[C@@H]3CC4OC(c5ccc(Cc6cccc(N)c6)cc5)O[C@@]4(C(=O)CO)[C@@]3(C)C[C@H](O)[C@@]12F. The van der Waals surface area contributed by atoms with Gasteiger partial charge in [0.25, 0.3) is 0 Å². The summed E-state index contributed by atoms with van der Waals surface area (Å²) in [5.41, 5.74) is -0.852. The Bertz CT molecular complexity index is 4080. The van der Waals surface area contributed by atoms with Gasteiger partial charge in [0.1, 0.15) is 31.3 Å². The normalized spacial score (nSPS) is 39.2. The Balaban J connectivity index is 0.000000184. The first kappa shape index (κ1) is 71.3. The Morgan fingerprint density at radius 3 is 1.44 bits per heavy atom. The average molecular weight is 1380 g/mol. The summed E-state index contributed by atoms with van der Waals surface area (Å²) < 4.78 is 93.0. The zero-order chi connectivity index (χ0) is 71.8. The smallest absolute Gasteiger partial charge is 0.227 e. The van der Waals surface area contributed by atoms with Gasteiger partial charge in [-0.2, -0.15) is 0 Å². The molecule has 4 unspecified atom stereocenters. The van der Waals surface area contributed by atoms with Crippen molar-refractivity contribution in [1.29, 1.82) is 0 Å². The van der Waals surface area contributed by atoms with Crippen molar-refractivity contribution in [2.45, 2.75) is 185 Å². The number of amides is 1. The molecule has 20 heteroatoms. The van der Waals surface area contributed by atoms with E-state index in [1.54, 1.807) is 20.8 Å². The van der Waals surface area contributed by atoms with E-state index in [-0.39, 0.29) is 79.6 Å². The summed E-state index contributed by atoms with van der Waals surface area (Å²) in [4.78, 5) is 77.4. The number of rotatable bonds is 16. The van der Waals surface area contributed by atoms with E-state index in [1.807, 2.05) is 118 Å². The van der Waals surface area contributed by atoms with Gasteiger partial charge < -0.3 is 50.4 Å². The van der Waals surface area contributed by atoms with Crippen molar-refractivity contribution in [2.75, 3.05) is 24.3 Å². The van der Waals surface area contributed by atoms with Gasteiger partial charge in [-0.15, -0.1) is 0 Å². The highest BCUT2D eigenvalue weighted by Crippen LogP contribution is 2.75. The van der Waals surface area contributed by atoms with Gasteiger partial charge in [-0.05, 0) is 165 Å². The number of allylic oxidation sites excluding steroid dienone is 8. The van der Waals surface area contributed by atoms with E-state index in [0.717, 1.165) is 34.4 Å². The van der Waals surface area contributed by atoms with Crippen molar-refractivity contribution in [3.8, 4) is 0 Å². The summed E-state index contributed by atoms with van der Waals surface area (Å²) in [6.07, 6.45) is -1.70. The number of ketones is 5. The number of anilines is 2. The van der Waals surface area contributed by atoms with Crippen LogP contribution in [0.4, 0.5) is 28.9 Å². The fraction of sp³-hybridized carbons (Fsp3) is 0.525. The maximum atomic E-state index is 17.7. The zero-order valence-corrected chi connectivity index (χ0v) is 57.6. The number of carbonyl (C=O) groups is 6. The summed E-state index contributed by atoms with van der Waals surface area (Å²) in [6.45, 7) is 12.6. The minimum Gasteiger partial charge on any atom is -0.399 e. The molecule has 4 aromatic rings. The number of nitrogens with two attached hydrogens (primary N) is 1. The van der Waals surface area contributed by atoms with Crippen LogP contribution in [0.25, 0.3) is 0 Å². The number of benzene rings is 4. The zero-order valence-electron chi connectivity index (χ0n) is 57.6. The number of Topliss-reactive ketones (excluding diaryl/α,β-unsaturated/α-hetero) is 3. The average Bonchev–Trinajstić information content (AvgIpc) is 1.42. The van der Waals surface area contributed by atoms with Crippen LogP contribution >= 0.6 is 0 Å². The van der Waals surface area contributed by atoms with Crippen molar-refractivity contribution in [2.24, 2.45) is 63.1 Å². The number of carbonyl (C=O) groups excluding carboxylic acids is 6. The molecular weight excluding hydrogens is 1290 g/mol. The van der Waals surface area contributed by atoms with Crippen molar-refractivity contribution in [1.82, 2.24) is 0 Å². The van der Waals surface area contributed by atoms with Gasteiger partial charge in [-0.1, -0.05) is 126 Å². The first-order valence-electron chi connectivity index (χ1n) is 35.1. The minimum atomic E-state index is -2.32. The second kappa shape index (κ2) is 25.7. The second-order valence-electron chi connectivity index (χ2n) is 31.3. The first-order chi connectivity index (χ1) is 47.3. The predicted molar refractivity (Wildman–Crippen MR) is 362 cm³/mol. The van der Waals surface area contributed by atoms with Crippen molar-refractivity contribution < 1.29 is 85.7 Å². The highest BCUT2D eigenvalue weighted by Gasteiger charge is 2.82. The molecule has 0 bridgehead atoms. The molecule has 2 aliphatic heterocycles. The van der Waals surface area contributed by atoms with Crippen LogP contribution in [0.3, 0.4) is 0 Å². The number of hydrogen-bond donors (Lipinski definition) is 6. The molecule has 4 aromatic carbocycles. The Hall–Kier alpha value is -7.14. The Kier molecular flexibility index (Phi) is 18.3. The molecule has 0 aromatic heterocycles. The van der Waals surface area contributed by atoms with E-state index in [2.05, 4.69) is 5.32 Å². The van der Waals surface area contributed by atoms with E-state index < -0.39 is 159 Å². The molecule has 14 rings (SSSR count). The molecule has 2 saturated heterocycles. The van der Waals surface area contributed by atoms with Crippen LogP contribution in [0.2, 0.25) is 0 Å². The van der Waals surface area contributed by atoms with Crippen molar-refractivity contribution >= 4 is 46.2 Å². The summed E-state index contributed by atoms with van der Waals surface area (Å²) in [6, 6.07) is 30.3. The lowest BCUT2D eigenvalue weighted by Crippen LogP contribution is -2.70. The second-order valence-corrected chi connectivity index (χ2v) is 31.3. The first-order valence-corrected chi connectivity index (χ1v) is 35.1. The number of fused-ring (bicyclic) bond motifs is 14. The van der Waals surface area contributed by atoms with Crippen LogP contribution in [0.1, 0.15) is 146 Å². The third-order valence-corrected chi connectivity index (χ3v) is 25.8. The van der Waals surface area contributed by atoms with Gasteiger partial charge in [0.05, 0.1) is 24.4 Å². The molecule has 1 amide bonds. The Labute approximate surface area is 579 Å². The Morgan fingerprint density at radius 2 is 1.02 bits per heavy atom. The molecule has 10 aliphatic rings.